The fourth-order valence-corrected chi connectivity index (χ4v) is 2.98. The van der Waals surface area contributed by atoms with Gasteiger partial charge in [0, 0.05) is 31.9 Å². The summed E-state index contributed by atoms with van der Waals surface area (Å²) in [6.45, 7) is 1.85. The van der Waals surface area contributed by atoms with Gasteiger partial charge in [-0.1, -0.05) is 6.07 Å². The molecular weight excluding hydrogens is 311 g/mol. The Bertz CT molecular complexity index is 701. The topological polar surface area (TPSA) is 54.7 Å². The monoisotopic (exact) mass is 332 g/mol. The van der Waals surface area contributed by atoms with Crippen LogP contribution in [0.25, 0.3) is 0 Å². The van der Waals surface area contributed by atoms with Crippen LogP contribution >= 0.6 is 0 Å². The van der Waals surface area contributed by atoms with Crippen LogP contribution in [-0.4, -0.2) is 32.1 Å². The molecule has 128 valence electrons. The largest absolute Gasteiger partial charge is 0.453 e. The van der Waals surface area contributed by atoms with Gasteiger partial charge in [-0.05, 0) is 43.2 Å². The summed E-state index contributed by atoms with van der Waals surface area (Å²) in [5, 5.41) is 3.00. The Labute approximate surface area is 140 Å². The van der Waals surface area contributed by atoms with Crippen LogP contribution in [-0.2, 0) is 11.3 Å². The molecule has 0 aliphatic carbocycles. The number of hydrogen-bond acceptors (Lipinski definition) is 4. The van der Waals surface area contributed by atoms with E-state index in [1.54, 1.807) is 25.3 Å². The molecule has 0 saturated carbocycles. The van der Waals surface area contributed by atoms with E-state index < -0.39 is 0 Å². The van der Waals surface area contributed by atoms with E-state index in [2.05, 4.69) is 10.2 Å². The lowest BCUT2D eigenvalue weighted by atomic mass is 10.0. The first-order chi connectivity index (χ1) is 11.7. The molecule has 5 nitrogen and oxygen atoms in total. The molecule has 24 heavy (non-hydrogen) atoms. The molecule has 1 N–H and O–H groups in total. The minimum Gasteiger partial charge on any atom is -0.453 e. The van der Waals surface area contributed by atoms with E-state index in [9.17, 15) is 9.18 Å². The Morgan fingerprint density at radius 1 is 1.42 bits per heavy atom. The first kappa shape index (κ1) is 16.5. The highest BCUT2D eigenvalue weighted by Crippen LogP contribution is 2.21. The molecule has 1 atom stereocenters. The molecule has 1 aliphatic heterocycles. The van der Waals surface area contributed by atoms with Gasteiger partial charge in [0.05, 0.1) is 0 Å². The zero-order valence-electron chi connectivity index (χ0n) is 13.6. The third-order valence-electron chi connectivity index (χ3n) is 4.10. The van der Waals surface area contributed by atoms with E-state index in [1.165, 1.54) is 12.1 Å². The number of carbonyl (C=O) groups is 1. The zero-order chi connectivity index (χ0) is 16.9. The van der Waals surface area contributed by atoms with Crippen LogP contribution in [0.2, 0.25) is 0 Å². The second-order valence-electron chi connectivity index (χ2n) is 5.94. The molecule has 0 spiro atoms. The van der Waals surface area contributed by atoms with Gasteiger partial charge in [0.1, 0.15) is 18.2 Å². The SMILES string of the molecule is COCc1ccc(C(=O)N[C@@H]2CCCN(c3cccc(F)c3)C2)o1. The van der Waals surface area contributed by atoms with Gasteiger partial charge in [-0.2, -0.15) is 0 Å². The Morgan fingerprint density at radius 2 is 2.29 bits per heavy atom. The van der Waals surface area contributed by atoms with Crippen molar-refractivity contribution in [1.82, 2.24) is 5.32 Å². The number of ether oxygens (including phenoxy) is 1. The molecule has 1 aromatic heterocycles. The Balaban J connectivity index is 1.61. The molecule has 2 heterocycles. The lowest BCUT2D eigenvalue weighted by molar-refractivity contribution is 0.0896. The number of anilines is 1. The first-order valence-electron chi connectivity index (χ1n) is 8.05. The minimum absolute atomic E-state index is 0.00509. The third kappa shape index (κ3) is 3.94. The van der Waals surface area contributed by atoms with Gasteiger partial charge in [0.2, 0.25) is 0 Å². The van der Waals surface area contributed by atoms with Gasteiger partial charge in [-0.3, -0.25) is 4.79 Å². The summed E-state index contributed by atoms with van der Waals surface area (Å²) in [7, 11) is 1.57. The highest BCUT2D eigenvalue weighted by atomic mass is 19.1. The number of amides is 1. The van der Waals surface area contributed by atoms with Crippen LogP contribution in [0.1, 0.15) is 29.2 Å². The zero-order valence-corrected chi connectivity index (χ0v) is 13.6. The van der Waals surface area contributed by atoms with Gasteiger partial charge >= 0.3 is 0 Å². The number of carbonyl (C=O) groups excluding carboxylic acids is 1. The van der Waals surface area contributed by atoms with Crippen LogP contribution in [0.5, 0.6) is 0 Å². The number of methoxy groups -OCH3 is 1. The molecule has 1 saturated heterocycles. The number of nitrogens with zero attached hydrogens (tertiary/aromatic N) is 1. The van der Waals surface area contributed by atoms with Crippen LogP contribution < -0.4 is 10.2 Å². The summed E-state index contributed by atoms with van der Waals surface area (Å²) >= 11 is 0. The predicted octanol–water partition coefficient (Wildman–Crippen LogP) is 2.96. The number of rotatable bonds is 5. The number of benzene rings is 1. The highest BCUT2D eigenvalue weighted by molar-refractivity contribution is 5.91. The standard InChI is InChI=1S/C18H21FN2O3/c1-23-12-16-7-8-17(24-16)18(22)20-14-5-3-9-21(11-14)15-6-2-4-13(19)10-15/h2,4,6-8,10,14H,3,5,9,11-12H2,1H3,(H,20,22)/t14-/m1/s1. The minimum atomic E-state index is -0.250. The third-order valence-corrected chi connectivity index (χ3v) is 4.10. The maximum atomic E-state index is 13.4. The van der Waals surface area contributed by atoms with E-state index in [0.717, 1.165) is 25.1 Å². The summed E-state index contributed by atoms with van der Waals surface area (Å²) in [5.41, 5.74) is 0.842. The molecular formula is C18H21FN2O3. The average Bonchev–Trinajstić information content (AvgIpc) is 3.04. The van der Waals surface area contributed by atoms with Crippen molar-refractivity contribution < 1.29 is 18.3 Å². The molecule has 6 heteroatoms. The maximum Gasteiger partial charge on any atom is 0.287 e. The Hall–Kier alpha value is -2.34. The lowest BCUT2D eigenvalue weighted by Gasteiger charge is -2.34. The maximum absolute atomic E-state index is 13.4. The van der Waals surface area contributed by atoms with Gasteiger partial charge in [0.15, 0.2) is 5.76 Å². The van der Waals surface area contributed by atoms with Crippen molar-refractivity contribution in [1.29, 1.82) is 0 Å². The van der Waals surface area contributed by atoms with Crippen molar-refractivity contribution in [2.24, 2.45) is 0 Å². The molecule has 0 unspecified atom stereocenters. The normalized spacial score (nSPS) is 17.8. The van der Waals surface area contributed by atoms with E-state index in [1.807, 2.05) is 6.07 Å². The fourth-order valence-electron chi connectivity index (χ4n) is 2.98. The highest BCUT2D eigenvalue weighted by Gasteiger charge is 2.23. The van der Waals surface area contributed by atoms with Crippen LogP contribution in [0.4, 0.5) is 10.1 Å². The van der Waals surface area contributed by atoms with Gasteiger partial charge in [0.25, 0.3) is 5.91 Å². The Kier molecular flexibility index (Phi) is 5.15. The smallest absolute Gasteiger partial charge is 0.287 e. The Morgan fingerprint density at radius 3 is 3.08 bits per heavy atom. The molecule has 1 amide bonds. The molecule has 1 fully saturated rings. The summed E-state index contributed by atoms with van der Waals surface area (Å²) in [4.78, 5) is 14.4. The van der Waals surface area contributed by atoms with Crippen LogP contribution in [0.15, 0.2) is 40.8 Å². The summed E-state index contributed by atoms with van der Waals surface area (Å²) in [6.07, 6.45) is 1.83. The molecule has 1 aliphatic rings. The van der Waals surface area contributed by atoms with Crippen molar-refractivity contribution in [3.8, 4) is 0 Å². The van der Waals surface area contributed by atoms with Crippen LogP contribution in [0, 0.1) is 5.82 Å². The van der Waals surface area contributed by atoms with Crippen LogP contribution in [0.3, 0.4) is 0 Å². The molecule has 0 bridgehead atoms. The fraction of sp³-hybridized carbons (Fsp3) is 0.389. The van der Waals surface area contributed by atoms with E-state index >= 15 is 0 Å². The predicted molar refractivity (Wildman–Crippen MR) is 88.5 cm³/mol. The number of halogens is 1. The molecule has 0 radical (unpaired) electrons. The van der Waals surface area contributed by atoms with Crippen molar-refractivity contribution in [3.63, 3.8) is 0 Å². The first-order valence-corrected chi connectivity index (χ1v) is 8.05. The number of furan rings is 1. The molecule has 3 rings (SSSR count). The number of hydrogen-bond donors (Lipinski definition) is 1. The van der Waals surface area contributed by atoms with Crippen molar-refractivity contribution >= 4 is 11.6 Å². The van der Waals surface area contributed by atoms with Crippen molar-refractivity contribution in [3.05, 3.63) is 53.7 Å². The second-order valence-corrected chi connectivity index (χ2v) is 5.94. The molecule has 2 aromatic rings. The van der Waals surface area contributed by atoms with Gasteiger partial charge in [-0.25, -0.2) is 4.39 Å². The van der Waals surface area contributed by atoms with Crippen molar-refractivity contribution in [2.75, 3.05) is 25.1 Å². The van der Waals surface area contributed by atoms with E-state index in [-0.39, 0.29) is 23.5 Å². The molecule has 1 aromatic carbocycles. The average molecular weight is 332 g/mol. The van der Waals surface area contributed by atoms with E-state index in [4.69, 9.17) is 9.15 Å². The summed E-state index contributed by atoms with van der Waals surface area (Å²) in [5.74, 6) is 0.418. The quantitative estimate of drug-likeness (QED) is 0.915. The number of piperidine rings is 1. The van der Waals surface area contributed by atoms with E-state index in [0.29, 0.717) is 18.9 Å². The summed E-state index contributed by atoms with van der Waals surface area (Å²) in [6, 6.07) is 9.93. The summed E-state index contributed by atoms with van der Waals surface area (Å²) < 4.78 is 23.8. The number of nitrogens with one attached hydrogen (secondary N) is 1. The van der Waals surface area contributed by atoms with Crippen molar-refractivity contribution in [2.45, 2.75) is 25.5 Å². The second kappa shape index (κ2) is 7.49. The van der Waals surface area contributed by atoms with Gasteiger partial charge in [-0.15, -0.1) is 0 Å². The van der Waals surface area contributed by atoms with Gasteiger partial charge < -0.3 is 19.4 Å². The lowest BCUT2D eigenvalue weighted by Crippen LogP contribution is -2.47.